The number of hydrogen-bond acceptors (Lipinski definition) is 4. The number of nitrogens with one attached hydrogen (secondary N) is 1. The van der Waals surface area contributed by atoms with Crippen LogP contribution < -0.4 is 11.3 Å². The lowest BCUT2D eigenvalue weighted by Crippen LogP contribution is -2.41. The SMILES string of the molecule is CC(C)OCC(CSc1ccccc1F)NN. The van der Waals surface area contributed by atoms with Crippen LogP contribution in [0.1, 0.15) is 13.8 Å². The fraction of sp³-hybridized carbons (Fsp3) is 0.500. The first-order valence-corrected chi connectivity index (χ1v) is 6.57. The van der Waals surface area contributed by atoms with Gasteiger partial charge in [0.05, 0.1) is 18.8 Å². The van der Waals surface area contributed by atoms with Crippen molar-refractivity contribution in [2.45, 2.75) is 30.9 Å². The Labute approximate surface area is 106 Å². The van der Waals surface area contributed by atoms with E-state index in [1.807, 2.05) is 19.9 Å². The van der Waals surface area contributed by atoms with Crippen LogP contribution in [0.15, 0.2) is 29.2 Å². The van der Waals surface area contributed by atoms with Crippen molar-refractivity contribution in [3.05, 3.63) is 30.1 Å². The molecule has 0 aliphatic carbocycles. The smallest absolute Gasteiger partial charge is 0.136 e. The molecule has 96 valence electrons. The normalized spacial score (nSPS) is 13.0. The predicted octanol–water partition coefficient (Wildman–Crippen LogP) is 2.17. The maximum atomic E-state index is 13.4. The number of benzene rings is 1. The first-order valence-electron chi connectivity index (χ1n) is 5.58. The predicted molar refractivity (Wildman–Crippen MR) is 69.3 cm³/mol. The van der Waals surface area contributed by atoms with Gasteiger partial charge >= 0.3 is 0 Å². The Balaban J connectivity index is 2.40. The molecule has 1 atom stereocenters. The van der Waals surface area contributed by atoms with E-state index >= 15 is 0 Å². The highest BCUT2D eigenvalue weighted by molar-refractivity contribution is 7.99. The molecule has 1 rings (SSSR count). The maximum Gasteiger partial charge on any atom is 0.136 e. The average molecular weight is 258 g/mol. The summed E-state index contributed by atoms with van der Waals surface area (Å²) in [5, 5.41) is 0. The highest BCUT2D eigenvalue weighted by Crippen LogP contribution is 2.21. The molecule has 0 amide bonds. The molecule has 0 bridgehead atoms. The third-order valence-electron chi connectivity index (χ3n) is 2.14. The molecule has 0 aliphatic rings. The summed E-state index contributed by atoms with van der Waals surface area (Å²) in [6, 6.07) is 6.73. The Morgan fingerprint density at radius 2 is 2.12 bits per heavy atom. The summed E-state index contributed by atoms with van der Waals surface area (Å²) in [6.45, 7) is 4.46. The molecule has 0 spiro atoms. The van der Waals surface area contributed by atoms with E-state index in [2.05, 4.69) is 5.43 Å². The zero-order valence-corrected chi connectivity index (χ0v) is 11.0. The molecule has 0 aliphatic heterocycles. The van der Waals surface area contributed by atoms with E-state index in [-0.39, 0.29) is 18.0 Å². The van der Waals surface area contributed by atoms with Crippen LogP contribution in [0.2, 0.25) is 0 Å². The first-order chi connectivity index (χ1) is 8.13. The monoisotopic (exact) mass is 258 g/mol. The Kier molecular flexibility index (Phi) is 6.50. The van der Waals surface area contributed by atoms with Gasteiger partial charge in [0.15, 0.2) is 0 Å². The summed E-state index contributed by atoms with van der Waals surface area (Å²) < 4.78 is 18.8. The molecule has 3 nitrogen and oxygen atoms in total. The van der Waals surface area contributed by atoms with E-state index < -0.39 is 0 Å². The second-order valence-corrected chi connectivity index (χ2v) is 5.05. The number of hydrogen-bond donors (Lipinski definition) is 2. The summed E-state index contributed by atoms with van der Waals surface area (Å²) in [7, 11) is 0. The number of nitrogens with two attached hydrogens (primary N) is 1. The summed E-state index contributed by atoms with van der Waals surface area (Å²) >= 11 is 1.43. The minimum absolute atomic E-state index is 0.0157. The summed E-state index contributed by atoms with van der Waals surface area (Å²) in [5.41, 5.74) is 2.68. The standard InChI is InChI=1S/C12H19FN2OS/c1-9(2)16-7-10(15-14)8-17-12-6-4-3-5-11(12)13/h3-6,9-10,15H,7-8,14H2,1-2H3. The molecule has 3 N–H and O–H groups in total. The van der Waals surface area contributed by atoms with E-state index in [0.717, 1.165) is 0 Å². The lowest BCUT2D eigenvalue weighted by molar-refractivity contribution is 0.0655. The van der Waals surface area contributed by atoms with Gasteiger partial charge in [0.1, 0.15) is 5.82 Å². The van der Waals surface area contributed by atoms with Crippen LogP contribution in [0.4, 0.5) is 4.39 Å². The van der Waals surface area contributed by atoms with E-state index in [9.17, 15) is 4.39 Å². The Bertz CT molecular complexity index is 336. The van der Waals surface area contributed by atoms with Crippen molar-refractivity contribution in [1.82, 2.24) is 5.43 Å². The molecule has 1 unspecified atom stereocenters. The molecule has 0 radical (unpaired) electrons. The van der Waals surface area contributed by atoms with Crippen molar-refractivity contribution in [2.24, 2.45) is 5.84 Å². The van der Waals surface area contributed by atoms with Crippen LogP contribution >= 0.6 is 11.8 Å². The largest absolute Gasteiger partial charge is 0.377 e. The second-order valence-electron chi connectivity index (χ2n) is 3.99. The second kappa shape index (κ2) is 7.66. The average Bonchev–Trinajstić information content (AvgIpc) is 2.31. The number of halogens is 1. The van der Waals surface area contributed by atoms with Gasteiger partial charge in [-0.15, -0.1) is 11.8 Å². The van der Waals surface area contributed by atoms with Crippen molar-refractivity contribution >= 4 is 11.8 Å². The van der Waals surface area contributed by atoms with Crippen LogP contribution in [0, 0.1) is 5.82 Å². The topological polar surface area (TPSA) is 47.3 Å². The van der Waals surface area contributed by atoms with E-state index in [1.165, 1.54) is 17.8 Å². The molecule has 0 saturated carbocycles. The van der Waals surface area contributed by atoms with Crippen molar-refractivity contribution in [1.29, 1.82) is 0 Å². The van der Waals surface area contributed by atoms with Crippen molar-refractivity contribution < 1.29 is 9.13 Å². The number of hydrazine groups is 1. The van der Waals surface area contributed by atoms with Crippen LogP contribution in [0.5, 0.6) is 0 Å². The molecule has 17 heavy (non-hydrogen) atoms. The van der Waals surface area contributed by atoms with E-state index in [4.69, 9.17) is 10.6 Å². The van der Waals surface area contributed by atoms with Gasteiger partial charge in [-0.3, -0.25) is 11.3 Å². The fourth-order valence-electron chi connectivity index (χ4n) is 1.21. The van der Waals surface area contributed by atoms with Gasteiger partial charge in [-0.05, 0) is 26.0 Å². The highest BCUT2D eigenvalue weighted by atomic mass is 32.2. The number of rotatable bonds is 7. The van der Waals surface area contributed by atoms with Crippen molar-refractivity contribution in [2.75, 3.05) is 12.4 Å². The van der Waals surface area contributed by atoms with Gasteiger partial charge in [0.2, 0.25) is 0 Å². The highest BCUT2D eigenvalue weighted by Gasteiger charge is 2.10. The van der Waals surface area contributed by atoms with Gasteiger partial charge in [-0.25, -0.2) is 4.39 Å². The maximum absolute atomic E-state index is 13.4. The van der Waals surface area contributed by atoms with Crippen LogP contribution in [-0.4, -0.2) is 24.5 Å². The van der Waals surface area contributed by atoms with Gasteiger partial charge in [0.25, 0.3) is 0 Å². The lowest BCUT2D eigenvalue weighted by Gasteiger charge is -2.17. The third kappa shape index (κ3) is 5.50. The fourth-order valence-corrected chi connectivity index (χ4v) is 2.16. The summed E-state index contributed by atoms with van der Waals surface area (Å²) in [6.07, 6.45) is 0.171. The quantitative estimate of drug-likeness (QED) is 0.447. The molecule has 5 heteroatoms. The first kappa shape index (κ1) is 14.4. The van der Waals surface area contributed by atoms with Gasteiger partial charge in [-0.1, -0.05) is 12.1 Å². The van der Waals surface area contributed by atoms with E-state index in [1.54, 1.807) is 12.1 Å². The minimum Gasteiger partial charge on any atom is -0.377 e. The Hall–Kier alpha value is -0.620. The molecule has 0 saturated heterocycles. The molecule has 0 fully saturated rings. The zero-order chi connectivity index (χ0) is 12.7. The third-order valence-corrected chi connectivity index (χ3v) is 3.35. The van der Waals surface area contributed by atoms with Gasteiger partial charge in [-0.2, -0.15) is 0 Å². The van der Waals surface area contributed by atoms with E-state index in [0.29, 0.717) is 17.3 Å². The molecule has 1 aromatic rings. The van der Waals surface area contributed by atoms with Crippen molar-refractivity contribution in [3.63, 3.8) is 0 Å². The van der Waals surface area contributed by atoms with Crippen LogP contribution in [0.25, 0.3) is 0 Å². The van der Waals surface area contributed by atoms with Crippen LogP contribution in [-0.2, 0) is 4.74 Å². The molecule has 0 aromatic heterocycles. The Morgan fingerprint density at radius 1 is 1.41 bits per heavy atom. The molecule has 1 aromatic carbocycles. The molecule has 0 heterocycles. The minimum atomic E-state index is -0.196. The summed E-state index contributed by atoms with van der Waals surface area (Å²) in [4.78, 5) is 0.636. The van der Waals surface area contributed by atoms with Crippen molar-refractivity contribution in [3.8, 4) is 0 Å². The number of thioether (sulfide) groups is 1. The van der Waals surface area contributed by atoms with Gasteiger partial charge < -0.3 is 4.74 Å². The summed E-state index contributed by atoms with van der Waals surface area (Å²) in [5.74, 6) is 5.90. The molecular weight excluding hydrogens is 239 g/mol. The van der Waals surface area contributed by atoms with Gasteiger partial charge in [0, 0.05) is 10.6 Å². The molecular formula is C12H19FN2OS. The Morgan fingerprint density at radius 3 is 2.71 bits per heavy atom. The number of ether oxygens (including phenoxy) is 1. The zero-order valence-electron chi connectivity index (χ0n) is 10.2. The van der Waals surface area contributed by atoms with Crippen LogP contribution in [0.3, 0.4) is 0 Å². The lowest BCUT2D eigenvalue weighted by atomic mass is 10.3.